The first-order chi connectivity index (χ1) is 13.6. The number of nitrogens with one attached hydrogen (secondary N) is 2. The van der Waals surface area contributed by atoms with E-state index in [4.69, 9.17) is 32.9 Å². The van der Waals surface area contributed by atoms with Crippen molar-refractivity contribution in [2.75, 3.05) is 26.3 Å². The van der Waals surface area contributed by atoms with Crippen LogP contribution in [0, 0.1) is 0 Å². The van der Waals surface area contributed by atoms with Crippen LogP contribution in [0.15, 0.2) is 41.4 Å². The van der Waals surface area contributed by atoms with Gasteiger partial charge in [0.25, 0.3) is 0 Å². The molecule has 0 atom stereocenters. The first-order valence-corrected chi connectivity index (χ1v) is 10.5. The van der Waals surface area contributed by atoms with Crippen molar-refractivity contribution in [1.29, 1.82) is 0 Å². The maximum absolute atomic E-state index is 6.16. The summed E-state index contributed by atoms with van der Waals surface area (Å²) in [7, 11) is 1.89. The van der Waals surface area contributed by atoms with Crippen LogP contribution in [-0.4, -0.2) is 36.8 Å². The third-order valence-electron chi connectivity index (χ3n) is 5.39. The predicted molar refractivity (Wildman–Crippen MR) is 116 cm³/mol. The number of ether oxygens (including phenoxy) is 1. The summed E-state index contributed by atoms with van der Waals surface area (Å²) in [6.45, 7) is 5.73. The summed E-state index contributed by atoms with van der Waals surface area (Å²) >= 11 is 12.3. The van der Waals surface area contributed by atoms with Crippen LogP contribution in [0.4, 0.5) is 0 Å². The summed E-state index contributed by atoms with van der Waals surface area (Å²) in [6.07, 6.45) is 1.99. The van der Waals surface area contributed by atoms with Crippen molar-refractivity contribution in [2.24, 2.45) is 12.0 Å². The second-order valence-electron chi connectivity index (χ2n) is 7.14. The third kappa shape index (κ3) is 4.83. The van der Waals surface area contributed by atoms with Crippen molar-refractivity contribution in [1.82, 2.24) is 15.2 Å². The molecule has 2 N–H and O–H groups in total. The van der Waals surface area contributed by atoms with Gasteiger partial charge in [-0.1, -0.05) is 53.5 Å². The zero-order chi connectivity index (χ0) is 20.0. The van der Waals surface area contributed by atoms with E-state index in [1.54, 1.807) is 0 Å². The van der Waals surface area contributed by atoms with Gasteiger partial charge in [-0.3, -0.25) is 0 Å². The normalized spacial score (nSPS) is 16.8. The molecule has 0 spiro atoms. The molecular weight excluding hydrogens is 395 g/mol. The lowest BCUT2D eigenvalue weighted by molar-refractivity contribution is 0.0514. The van der Waals surface area contributed by atoms with Gasteiger partial charge in [0, 0.05) is 44.5 Å². The van der Waals surface area contributed by atoms with Gasteiger partial charge in [-0.2, -0.15) is 0 Å². The van der Waals surface area contributed by atoms with E-state index in [1.807, 2.05) is 17.7 Å². The smallest absolute Gasteiger partial charge is 0.191 e. The highest BCUT2D eigenvalue weighted by Gasteiger charge is 2.34. The second kappa shape index (κ2) is 9.68. The van der Waals surface area contributed by atoms with Crippen molar-refractivity contribution in [3.63, 3.8) is 0 Å². The van der Waals surface area contributed by atoms with E-state index >= 15 is 0 Å². The summed E-state index contributed by atoms with van der Waals surface area (Å²) in [5.74, 6) is 0.790. The summed E-state index contributed by atoms with van der Waals surface area (Å²) in [6, 6.07) is 12.6. The van der Waals surface area contributed by atoms with Gasteiger partial charge in [-0.25, -0.2) is 4.99 Å². The Hall–Kier alpha value is -1.69. The molecule has 1 aromatic carbocycles. The van der Waals surface area contributed by atoms with E-state index in [2.05, 4.69) is 47.9 Å². The van der Waals surface area contributed by atoms with Gasteiger partial charge < -0.3 is 19.9 Å². The molecule has 0 unspecified atom stereocenters. The topological polar surface area (TPSA) is 50.6 Å². The quantitative estimate of drug-likeness (QED) is 0.543. The number of aliphatic imine (C=N–C) groups is 1. The number of halogens is 2. The minimum absolute atomic E-state index is 0.0489. The van der Waals surface area contributed by atoms with Crippen molar-refractivity contribution in [3.8, 4) is 0 Å². The Morgan fingerprint density at radius 2 is 1.89 bits per heavy atom. The van der Waals surface area contributed by atoms with Crippen molar-refractivity contribution in [2.45, 2.75) is 31.7 Å². The summed E-state index contributed by atoms with van der Waals surface area (Å²) in [4.78, 5) is 4.73. The summed E-state index contributed by atoms with van der Waals surface area (Å²) in [5, 5.41) is 7.97. The highest BCUT2D eigenvalue weighted by molar-refractivity contribution is 6.41. The molecule has 0 amide bonds. The fraction of sp³-hybridized carbons (Fsp3) is 0.476. The molecule has 0 radical (unpaired) electrons. The zero-order valence-electron chi connectivity index (χ0n) is 16.5. The van der Waals surface area contributed by atoms with Gasteiger partial charge in [0.1, 0.15) is 5.15 Å². The van der Waals surface area contributed by atoms with Gasteiger partial charge in [-0.15, -0.1) is 0 Å². The minimum atomic E-state index is 0.0489. The molecule has 1 aromatic heterocycles. The molecule has 152 valence electrons. The van der Waals surface area contributed by atoms with Crippen LogP contribution in [0.5, 0.6) is 0 Å². The van der Waals surface area contributed by atoms with Gasteiger partial charge in [0.15, 0.2) is 5.96 Å². The summed E-state index contributed by atoms with van der Waals surface area (Å²) < 4.78 is 7.49. The van der Waals surface area contributed by atoms with Crippen LogP contribution in [0.1, 0.15) is 31.0 Å². The largest absolute Gasteiger partial charge is 0.381 e. The van der Waals surface area contributed by atoms with E-state index in [9.17, 15) is 0 Å². The zero-order valence-corrected chi connectivity index (χ0v) is 18.0. The first kappa shape index (κ1) is 21.0. The molecule has 2 aromatic rings. The molecule has 2 heterocycles. The van der Waals surface area contributed by atoms with E-state index < -0.39 is 0 Å². The molecule has 28 heavy (non-hydrogen) atoms. The predicted octanol–water partition coefficient (Wildman–Crippen LogP) is 4.14. The van der Waals surface area contributed by atoms with Crippen LogP contribution >= 0.6 is 23.2 Å². The Morgan fingerprint density at radius 3 is 2.50 bits per heavy atom. The van der Waals surface area contributed by atoms with Crippen molar-refractivity contribution in [3.05, 3.63) is 57.8 Å². The Bertz CT molecular complexity index is 798. The lowest BCUT2D eigenvalue weighted by Gasteiger charge is -2.38. The SMILES string of the molecule is CCNC(=NCc1cc(Cl)c(Cl)n1C)NCC1(c2ccccc2)CCOCC1. The highest BCUT2D eigenvalue weighted by atomic mass is 35.5. The van der Waals surface area contributed by atoms with E-state index in [0.29, 0.717) is 16.7 Å². The van der Waals surface area contributed by atoms with E-state index in [-0.39, 0.29) is 5.41 Å². The Labute approximate surface area is 177 Å². The third-order valence-corrected chi connectivity index (χ3v) is 6.23. The van der Waals surface area contributed by atoms with Crippen LogP contribution in [0.2, 0.25) is 10.2 Å². The molecule has 1 saturated heterocycles. The van der Waals surface area contributed by atoms with Gasteiger partial charge in [0.2, 0.25) is 0 Å². The molecule has 5 nitrogen and oxygen atoms in total. The maximum atomic E-state index is 6.16. The molecule has 1 aliphatic heterocycles. The number of aromatic nitrogens is 1. The molecular formula is C21H28Cl2N4O. The molecule has 0 aliphatic carbocycles. The standard InChI is InChI=1S/C21H28Cl2N4O/c1-3-24-20(25-14-17-13-18(22)19(23)27(17)2)26-15-21(9-11-28-12-10-21)16-7-5-4-6-8-16/h4-8,13H,3,9-12,14-15H2,1-2H3,(H2,24,25,26). The second-order valence-corrected chi connectivity index (χ2v) is 7.91. The Balaban J connectivity index is 1.74. The Kier molecular flexibility index (Phi) is 7.27. The molecule has 0 bridgehead atoms. The van der Waals surface area contributed by atoms with Gasteiger partial charge in [0.05, 0.1) is 11.6 Å². The highest BCUT2D eigenvalue weighted by Crippen LogP contribution is 2.34. The van der Waals surface area contributed by atoms with E-state index in [1.165, 1.54) is 5.56 Å². The van der Waals surface area contributed by atoms with Gasteiger partial charge in [-0.05, 0) is 31.4 Å². The van der Waals surface area contributed by atoms with Crippen LogP contribution in [0.25, 0.3) is 0 Å². The minimum Gasteiger partial charge on any atom is -0.381 e. The Morgan fingerprint density at radius 1 is 1.18 bits per heavy atom. The van der Waals surface area contributed by atoms with Crippen LogP contribution in [0.3, 0.4) is 0 Å². The van der Waals surface area contributed by atoms with Crippen molar-refractivity contribution < 1.29 is 4.74 Å². The lowest BCUT2D eigenvalue weighted by atomic mass is 9.74. The number of benzene rings is 1. The average Bonchev–Trinajstić information content (AvgIpc) is 2.98. The van der Waals surface area contributed by atoms with Gasteiger partial charge >= 0.3 is 0 Å². The molecule has 1 fully saturated rings. The number of nitrogens with zero attached hydrogens (tertiary/aromatic N) is 2. The number of hydrogen-bond acceptors (Lipinski definition) is 2. The maximum Gasteiger partial charge on any atom is 0.191 e. The molecule has 7 heteroatoms. The van der Waals surface area contributed by atoms with Crippen LogP contribution < -0.4 is 10.6 Å². The summed E-state index contributed by atoms with van der Waals surface area (Å²) in [5.41, 5.74) is 2.37. The molecule has 0 saturated carbocycles. The average molecular weight is 423 g/mol. The fourth-order valence-corrected chi connectivity index (χ4v) is 4.03. The monoisotopic (exact) mass is 422 g/mol. The fourth-order valence-electron chi connectivity index (χ4n) is 3.62. The number of guanidine groups is 1. The number of rotatable bonds is 6. The molecule has 3 rings (SSSR count). The number of hydrogen-bond donors (Lipinski definition) is 2. The van der Waals surface area contributed by atoms with Crippen molar-refractivity contribution >= 4 is 29.2 Å². The molecule has 1 aliphatic rings. The lowest BCUT2D eigenvalue weighted by Crippen LogP contribution is -2.48. The van der Waals surface area contributed by atoms with E-state index in [0.717, 1.165) is 50.8 Å². The first-order valence-electron chi connectivity index (χ1n) is 9.71. The van der Waals surface area contributed by atoms with Crippen LogP contribution in [-0.2, 0) is 23.7 Å².